The Kier molecular flexibility index (Phi) is 4.51. The maximum Gasteiger partial charge on any atom is 0.338 e. The highest BCUT2D eigenvalue weighted by atomic mass is 35.5. The molecule has 1 aromatic rings. The molecule has 0 amide bonds. The van der Waals surface area contributed by atoms with Gasteiger partial charge in [0.05, 0.1) is 24.5 Å². The van der Waals surface area contributed by atoms with Gasteiger partial charge in [-0.2, -0.15) is 5.26 Å². The predicted molar refractivity (Wildman–Crippen MR) is 76.9 cm³/mol. The Balaban J connectivity index is 2.66. The van der Waals surface area contributed by atoms with Crippen LogP contribution in [0.15, 0.2) is 53.1 Å². The van der Waals surface area contributed by atoms with E-state index in [0.29, 0.717) is 0 Å². The molecular weight excluding hydrogens is 292 g/mol. The standard InChI is InChI=1S/C15H13ClN2O3/c1-20-15(19)13-11(7-16)21-14(18)10(8-17)12(13)9-5-3-2-4-6-9/h2-6,12H,7,18H2,1H3. The summed E-state index contributed by atoms with van der Waals surface area (Å²) in [5.41, 5.74) is 6.88. The molecule has 1 unspecified atom stereocenters. The molecular formula is C15H13ClN2O3. The third-order valence-corrected chi connectivity index (χ3v) is 3.40. The zero-order chi connectivity index (χ0) is 15.4. The van der Waals surface area contributed by atoms with E-state index in [1.165, 1.54) is 7.11 Å². The second-order valence-corrected chi connectivity index (χ2v) is 4.56. The van der Waals surface area contributed by atoms with Crippen molar-refractivity contribution < 1.29 is 14.3 Å². The fraction of sp³-hybridized carbons (Fsp3) is 0.200. The second kappa shape index (κ2) is 6.33. The van der Waals surface area contributed by atoms with Crippen LogP contribution in [-0.4, -0.2) is 19.0 Å². The van der Waals surface area contributed by atoms with Crippen LogP contribution in [0.5, 0.6) is 0 Å². The van der Waals surface area contributed by atoms with Crippen LogP contribution in [0.3, 0.4) is 0 Å². The average molecular weight is 305 g/mol. The van der Waals surface area contributed by atoms with Gasteiger partial charge >= 0.3 is 5.97 Å². The molecule has 0 radical (unpaired) electrons. The number of hydrogen-bond acceptors (Lipinski definition) is 5. The summed E-state index contributed by atoms with van der Waals surface area (Å²) in [4.78, 5) is 12.1. The van der Waals surface area contributed by atoms with Crippen molar-refractivity contribution in [1.29, 1.82) is 5.26 Å². The summed E-state index contributed by atoms with van der Waals surface area (Å²) in [6.07, 6.45) is 0. The maximum atomic E-state index is 12.1. The quantitative estimate of drug-likeness (QED) is 0.683. The van der Waals surface area contributed by atoms with Crippen LogP contribution in [0.1, 0.15) is 11.5 Å². The number of esters is 1. The topological polar surface area (TPSA) is 85.3 Å². The van der Waals surface area contributed by atoms with Crippen LogP contribution in [0.4, 0.5) is 0 Å². The lowest BCUT2D eigenvalue weighted by Crippen LogP contribution is -2.26. The van der Waals surface area contributed by atoms with Crippen LogP contribution in [-0.2, 0) is 14.3 Å². The number of halogens is 1. The van der Waals surface area contributed by atoms with Gasteiger partial charge in [0.1, 0.15) is 17.4 Å². The van der Waals surface area contributed by atoms with E-state index in [-0.39, 0.29) is 28.7 Å². The lowest BCUT2D eigenvalue weighted by atomic mass is 9.83. The van der Waals surface area contributed by atoms with E-state index in [9.17, 15) is 10.1 Å². The molecule has 2 rings (SSSR count). The number of carbonyl (C=O) groups is 1. The number of nitriles is 1. The van der Waals surface area contributed by atoms with Crippen molar-refractivity contribution in [3.63, 3.8) is 0 Å². The Morgan fingerprint density at radius 1 is 1.48 bits per heavy atom. The molecule has 2 N–H and O–H groups in total. The largest absolute Gasteiger partial charge is 0.466 e. The average Bonchev–Trinajstić information content (AvgIpc) is 2.53. The van der Waals surface area contributed by atoms with Gasteiger partial charge in [0.25, 0.3) is 0 Å². The molecule has 0 saturated carbocycles. The van der Waals surface area contributed by atoms with E-state index in [1.54, 1.807) is 12.1 Å². The van der Waals surface area contributed by atoms with Crippen molar-refractivity contribution in [3.05, 3.63) is 58.7 Å². The lowest BCUT2D eigenvalue weighted by Gasteiger charge is -2.27. The molecule has 1 aliphatic heterocycles. The molecule has 108 valence electrons. The number of hydrogen-bond donors (Lipinski definition) is 1. The third-order valence-electron chi connectivity index (χ3n) is 3.16. The smallest absolute Gasteiger partial charge is 0.338 e. The first-order chi connectivity index (χ1) is 10.1. The molecule has 0 fully saturated rings. The highest BCUT2D eigenvalue weighted by molar-refractivity contribution is 6.19. The minimum absolute atomic E-state index is 0.0466. The molecule has 0 saturated heterocycles. The summed E-state index contributed by atoms with van der Waals surface area (Å²) in [7, 11) is 1.26. The lowest BCUT2D eigenvalue weighted by molar-refractivity contribution is -0.136. The van der Waals surface area contributed by atoms with Gasteiger partial charge in [0.15, 0.2) is 0 Å². The van der Waals surface area contributed by atoms with Gasteiger partial charge in [-0.15, -0.1) is 11.6 Å². The summed E-state index contributed by atoms with van der Waals surface area (Å²) in [6.45, 7) is 0. The van der Waals surface area contributed by atoms with Crippen LogP contribution in [0.25, 0.3) is 0 Å². The highest BCUT2D eigenvalue weighted by Crippen LogP contribution is 2.39. The number of nitrogens with two attached hydrogens (primary N) is 1. The molecule has 0 aliphatic carbocycles. The molecule has 0 bridgehead atoms. The summed E-state index contributed by atoms with van der Waals surface area (Å²) in [5, 5.41) is 9.35. The van der Waals surface area contributed by atoms with E-state index in [0.717, 1.165) is 5.56 Å². The van der Waals surface area contributed by atoms with Gasteiger partial charge in [0.2, 0.25) is 5.88 Å². The third kappa shape index (κ3) is 2.71. The van der Waals surface area contributed by atoms with Crippen molar-refractivity contribution in [2.45, 2.75) is 5.92 Å². The zero-order valence-electron chi connectivity index (χ0n) is 11.3. The van der Waals surface area contributed by atoms with E-state index < -0.39 is 11.9 Å². The van der Waals surface area contributed by atoms with Gasteiger partial charge in [-0.25, -0.2) is 4.79 Å². The highest BCUT2D eigenvalue weighted by Gasteiger charge is 2.36. The molecule has 6 heteroatoms. The van der Waals surface area contributed by atoms with Crippen molar-refractivity contribution in [1.82, 2.24) is 0 Å². The molecule has 0 spiro atoms. The van der Waals surface area contributed by atoms with Crippen LogP contribution in [0, 0.1) is 11.3 Å². The molecule has 0 aromatic heterocycles. The normalized spacial score (nSPS) is 18.0. The minimum Gasteiger partial charge on any atom is -0.466 e. The Morgan fingerprint density at radius 3 is 2.67 bits per heavy atom. The molecule has 21 heavy (non-hydrogen) atoms. The number of carbonyl (C=O) groups excluding carboxylic acids is 1. The van der Waals surface area contributed by atoms with Gasteiger partial charge in [-0.05, 0) is 5.56 Å². The van der Waals surface area contributed by atoms with Crippen molar-refractivity contribution in [2.75, 3.05) is 13.0 Å². The summed E-state index contributed by atoms with van der Waals surface area (Å²) in [6, 6.07) is 11.1. The Labute approximate surface area is 127 Å². The number of rotatable bonds is 3. The van der Waals surface area contributed by atoms with E-state index in [4.69, 9.17) is 26.8 Å². The fourth-order valence-electron chi connectivity index (χ4n) is 2.23. The van der Waals surface area contributed by atoms with Crippen LogP contribution < -0.4 is 5.73 Å². The Bertz CT molecular complexity index is 659. The molecule has 5 nitrogen and oxygen atoms in total. The summed E-state index contributed by atoms with van der Waals surface area (Å²) >= 11 is 5.83. The van der Waals surface area contributed by atoms with E-state index >= 15 is 0 Å². The van der Waals surface area contributed by atoms with Crippen molar-refractivity contribution >= 4 is 17.6 Å². The van der Waals surface area contributed by atoms with E-state index in [1.807, 2.05) is 24.3 Å². The monoisotopic (exact) mass is 304 g/mol. The van der Waals surface area contributed by atoms with Crippen molar-refractivity contribution in [2.24, 2.45) is 5.73 Å². The van der Waals surface area contributed by atoms with Crippen molar-refractivity contribution in [3.8, 4) is 6.07 Å². The second-order valence-electron chi connectivity index (χ2n) is 4.30. The van der Waals surface area contributed by atoms with Gasteiger partial charge in [-0.3, -0.25) is 0 Å². The van der Waals surface area contributed by atoms with Crippen LogP contribution in [0.2, 0.25) is 0 Å². The molecule has 1 heterocycles. The molecule has 1 aliphatic rings. The Morgan fingerprint density at radius 2 is 2.14 bits per heavy atom. The molecule has 1 aromatic carbocycles. The minimum atomic E-state index is -0.647. The summed E-state index contributed by atoms with van der Waals surface area (Å²) < 4.78 is 10.1. The summed E-state index contributed by atoms with van der Waals surface area (Å²) in [5.74, 6) is -1.14. The van der Waals surface area contributed by atoms with Crippen LogP contribution >= 0.6 is 11.6 Å². The first-order valence-electron chi connectivity index (χ1n) is 6.13. The molecule has 1 atom stereocenters. The number of ether oxygens (including phenoxy) is 2. The predicted octanol–water partition coefficient (Wildman–Crippen LogP) is 2.16. The SMILES string of the molecule is COC(=O)C1=C(CCl)OC(N)=C(C#N)C1c1ccccc1. The Hall–Kier alpha value is -2.45. The first-order valence-corrected chi connectivity index (χ1v) is 6.67. The fourth-order valence-corrected chi connectivity index (χ4v) is 2.43. The number of alkyl halides is 1. The number of nitrogens with zero attached hydrogens (tertiary/aromatic N) is 1. The number of methoxy groups -OCH3 is 1. The maximum absolute atomic E-state index is 12.1. The van der Waals surface area contributed by atoms with Gasteiger partial charge in [-0.1, -0.05) is 30.3 Å². The van der Waals surface area contributed by atoms with E-state index in [2.05, 4.69) is 0 Å². The van der Waals surface area contributed by atoms with Gasteiger partial charge in [0, 0.05) is 0 Å². The zero-order valence-corrected chi connectivity index (χ0v) is 12.1. The number of benzene rings is 1. The first kappa shape index (κ1) is 14.9. The number of allylic oxidation sites excluding steroid dienone is 2. The van der Waals surface area contributed by atoms with Gasteiger partial charge < -0.3 is 15.2 Å².